The summed E-state index contributed by atoms with van der Waals surface area (Å²) in [5.41, 5.74) is -1.73. The van der Waals surface area contributed by atoms with Gasteiger partial charge in [0.1, 0.15) is 21.5 Å². The summed E-state index contributed by atoms with van der Waals surface area (Å²) in [6, 6.07) is 12.2. The summed E-state index contributed by atoms with van der Waals surface area (Å²) in [6.07, 6.45) is 3.05. The monoisotopic (exact) mass is 493 g/mol. The Morgan fingerprint density at radius 1 is 1.06 bits per heavy atom. The van der Waals surface area contributed by atoms with E-state index < -0.39 is 43.1 Å². The van der Waals surface area contributed by atoms with Crippen LogP contribution < -0.4 is 14.3 Å². The summed E-state index contributed by atoms with van der Waals surface area (Å²) < 4.78 is 43.6. The molecule has 0 radical (unpaired) electrons. The van der Waals surface area contributed by atoms with Gasteiger partial charge in [-0.05, 0) is 57.2 Å². The van der Waals surface area contributed by atoms with Gasteiger partial charge in [0, 0.05) is 0 Å². The SMILES string of the molecule is Cc1ccc(S(=O)(=O)Oc2c3c(c([N+](=O)[O-])c4oc5ccccc5c(=O)c24)OC(C)(C)C=C3)cc1. The number of aryl methyl sites for hydroxylation is 1. The van der Waals surface area contributed by atoms with Gasteiger partial charge in [-0.2, -0.15) is 8.42 Å². The molecule has 0 fully saturated rings. The van der Waals surface area contributed by atoms with E-state index >= 15 is 0 Å². The topological polar surface area (TPSA) is 126 Å². The zero-order chi connectivity index (χ0) is 25.1. The number of fused-ring (bicyclic) bond motifs is 3. The lowest BCUT2D eigenvalue weighted by Gasteiger charge is -2.28. The van der Waals surface area contributed by atoms with Crippen molar-refractivity contribution in [3.8, 4) is 11.5 Å². The predicted octanol–water partition coefficient (Wildman–Crippen LogP) is 5.11. The summed E-state index contributed by atoms with van der Waals surface area (Å²) in [4.78, 5) is 24.9. The molecule has 0 spiro atoms. The minimum Gasteiger partial charge on any atom is -0.476 e. The molecule has 35 heavy (non-hydrogen) atoms. The Morgan fingerprint density at radius 2 is 1.74 bits per heavy atom. The Hall–Kier alpha value is -4.18. The van der Waals surface area contributed by atoms with Crippen molar-refractivity contribution in [1.82, 2.24) is 0 Å². The van der Waals surface area contributed by atoms with Crippen LogP contribution in [-0.2, 0) is 10.1 Å². The number of benzene rings is 3. The minimum absolute atomic E-state index is 0.0400. The summed E-state index contributed by atoms with van der Waals surface area (Å²) in [5, 5.41) is 11.9. The maximum absolute atomic E-state index is 13.5. The maximum Gasteiger partial charge on any atom is 0.354 e. The van der Waals surface area contributed by atoms with E-state index in [1.165, 1.54) is 30.3 Å². The van der Waals surface area contributed by atoms with E-state index in [0.29, 0.717) is 0 Å². The molecule has 1 aliphatic rings. The molecule has 0 N–H and O–H groups in total. The smallest absolute Gasteiger partial charge is 0.354 e. The standard InChI is InChI=1S/C25H19NO8S/c1-14-8-10-15(11-9-14)35(30,31)34-22-17-12-13-25(2,3)33-23(17)20(26(28)29)24-19(22)21(27)16-6-4-5-7-18(16)32-24/h4-13H,1-3H3. The quantitative estimate of drug-likeness (QED) is 0.166. The first-order valence-electron chi connectivity index (χ1n) is 10.6. The Bertz CT molecular complexity index is 1730. The van der Waals surface area contributed by atoms with Crippen LogP contribution in [0.1, 0.15) is 25.0 Å². The van der Waals surface area contributed by atoms with Crippen molar-refractivity contribution in [3.63, 3.8) is 0 Å². The number of nitrogens with zero attached hydrogens (tertiary/aromatic N) is 1. The van der Waals surface area contributed by atoms with E-state index in [1.807, 2.05) is 0 Å². The molecule has 0 saturated heterocycles. The molecule has 5 rings (SSSR count). The van der Waals surface area contributed by atoms with Crippen molar-refractivity contribution in [2.24, 2.45) is 0 Å². The second kappa shape index (κ2) is 7.67. The highest BCUT2D eigenvalue weighted by atomic mass is 32.2. The molecule has 0 unspecified atom stereocenters. The zero-order valence-electron chi connectivity index (χ0n) is 18.9. The van der Waals surface area contributed by atoms with Crippen molar-refractivity contribution in [1.29, 1.82) is 0 Å². The first-order chi connectivity index (χ1) is 16.5. The number of hydrogen-bond donors (Lipinski definition) is 0. The van der Waals surface area contributed by atoms with Crippen LogP contribution in [0.5, 0.6) is 11.5 Å². The molecule has 0 aliphatic carbocycles. The number of rotatable bonds is 4. The Kier molecular flexibility index (Phi) is 4.95. The number of ether oxygens (including phenoxy) is 1. The molecule has 1 aromatic heterocycles. The minimum atomic E-state index is -4.43. The molecule has 0 amide bonds. The first-order valence-corrected chi connectivity index (χ1v) is 12.0. The van der Waals surface area contributed by atoms with Crippen LogP contribution in [0.4, 0.5) is 5.69 Å². The summed E-state index contributed by atoms with van der Waals surface area (Å²) in [6.45, 7) is 5.17. The van der Waals surface area contributed by atoms with E-state index in [0.717, 1.165) is 5.56 Å². The zero-order valence-corrected chi connectivity index (χ0v) is 19.7. The van der Waals surface area contributed by atoms with Gasteiger partial charge in [-0.25, -0.2) is 0 Å². The van der Waals surface area contributed by atoms with E-state index in [2.05, 4.69) is 0 Å². The van der Waals surface area contributed by atoms with Gasteiger partial charge >= 0.3 is 15.8 Å². The van der Waals surface area contributed by atoms with Crippen molar-refractivity contribution >= 4 is 43.8 Å². The number of hydrogen-bond acceptors (Lipinski definition) is 8. The van der Waals surface area contributed by atoms with Gasteiger partial charge in [0.2, 0.25) is 16.8 Å². The van der Waals surface area contributed by atoms with Crippen LogP contribution >= 0.6 is 0 Å². The van der Waals surface area contributed by atoms with Crippen LogP contribution in [-0.4, -0.2) is 18.9 Å². The van der Waals surface area contributed by atoms with Crippen LogP contribution in [0.15, 0.2) is 68.7 Å². The van der Waals surface area contributed by atoms with Gasteiger partial charge < -0.3 is 13.3 Å². The number of para-hydroxylation sites is 1. The van der Waals surface area contributed by atoms with Gasteiger partial charge in [0.15, 0.2) is 5.75 Å². The lowest BCUT2D eigenvalue weighted by Crippen LogP contribution is -2.28. The van der Waals surface area contributed by atoms with Crippen LogP contribution in [0.2, 0.25) is 0 Å². The lowest BCUT2D eigenvalue weighted by molar-refractivity contribution is -0.385. The average molecular weight is 493 g/mol. The van der Waals surface area contributed by atoms with Gasteiger partial charge in [-0.1, -0.05) is 29.8 Å². The largest absolute Gasteiger partial charge is 0.476 e. The predicted molar refractivity (Wildman–Crippen MR) is 129 cm³/mol. The first kappa shape index (κ1) is 22.6. The molecule has 178 valence electrons. The average Bonchev–Trinajstić information content (AvgIpc) is 2.78. The van der Waals surface area contributed by atoms with Gasteiger partial charge in [-0.15, -0.1) is 0 Å². The highest BCUT2D eigenvalue weighted by Crippen LogP contribution is 2.49. The molecule has 3 aromatic carbocycles. The normalized spacial score (nSPS) is 14.5. The third-order valence-electron chi connectivity index (χ3n) is 5.65. The number of nitro benzene ring substituents is 1. The fraction of sp³-hybridized carbons (Fsp3) is 0.160. The highest BCUT2D eigenvalue weighted by Gasteiger charge is 2.38. The third-order valence-corrected chi connectivity index (χ3v) is 6.88. The van der Waals surface area contributed by atoms with E-state index in [9.17, 15) is 23.3 Å². The fourth-order valence-electron chi connectivity index (χ4n) is 3.93. The summed E-state index contributed by atoms with van der Waals surface area (Å²) in [5.74, 6) is -0.644. The molecule has 4 aromatic rings. The van der Waals surface area contributed by atoms with E-state index in [4.69, 9.17) is 13.3 Å². The van der Waals surface area contributed by atoms with Crippen LogP contribution in [0.25, 0.3) is 28.0 Å². The van der Waals surface area contributed by atoms with Crippen LogP contribution in [0, 0.1) is 17.0 Å². The Balaban J connectivity index is 1.92. The fourth-order valence-corrected chi connectivity index (χ4v) is 4.89. The maximum atomic E-state index is 13.5. The molecular weight excluding hydrogens is 474 g/mol. The summed E-state index contributed by atoms with van der Waals surface area (Å²) >= 11 is 0. The van der Waals surface area contributed by atoms with Crippen molar-refractivity contribution < 1.29 is 26.7 Å². The Labute approximate surface area is 199 Å². The van der Waals surface area contributed by atoms with Crippen molar-refractivity contribution in [2.75, 3.05) is 0 Å². The Morgan fingerprint density at radius 3 is 2.43 bits per heavy atom. The second-order valence-electron chi connectivity index (χ2n) is 8.70. The van der Waals surface area contributed by atoms with E-state index in [-0.39, 0.29) is 32.6 Å². The van der Waals surface area contributed by atoms with Crippen molar-refractivity contribution in [3.05, 3.63) is 86.1 Å². The van der Waals surface area contributed by atoms with Gasteiger partial charge in [0.05, 0.1) is 15.9 Å². The van der Waals surface area contributed by atoms with Gasteiger partial charge in [-0.3, -0.25) is 14.9 Å². The van der Waals surface area contributed by atoms with E-state index in [1.54, 1.807) is 51.1 Å². The van der Waals surface area contributed by atoms with Gasteiger partial charge in [0.25, 0.3) is 0 Å². The highest BCUT2D eigenvalue weighted by molar-refractivity contribution is 7.87. The second-order valence-corrected chi connectivity index (χ2v) is 10.2. The lowest BCUT2D eigenvalue weighted by atomic mass is 9.98. The molecule has 0 bridgehead atoms. The van der Waals surface area contributed by atoms with Crippen molar-refractivity contribution in [2.45, 2.75) is 31.3 Å². The molecule has 2 heterocycles. The van der Waals surface area contributed by atoms with Crippen LogP contribution in [0.3, 0.4) is 0 Å². The molecule has 10 heteroatoms. The molecule has 9 nitrogen and oxygen atoms in total. The molecule has 0 atom stereocenters. The molecule has 0 saturated carbocycles. The number of nitro groups is 1. The third kappa shape index (κ3) is 3.71. The summed E-state index contributed by atoms with van der Waals surface area (Å²) in [7, 11) is -4.43. The molecule has 1 aliphatic heterocycles. The molecular formula is C25H19NO8S.